The molecule has 2 unspecified atom stereocenters. The van der Waals surface area contributed by atoms with Crippen molar-refractivity contribution < 1.29 is 13.9 Å². The Balaban J connectivity index is 1.32. The fourth-order valence-electron chi connectivity index (χ4n) is 4.66. The number of benzene rings is 3. The SMILES string of the molecule is COc1ccc(Oc2ccc(N3C(=S)NC(c4ccccn4)C3c3ccc(-c4ccc(Br)cc4)o3)cc2)cc1. The quantitative estimate of drug-likeness (QED) is 0.190. The second-order valence-electron chi connectivity index (χ2n) is 8.98. The van der Waals surface area contributed by atoms with Crippen molar-refractivity contribution in [2.24, 2.45) is 0 Å². The predicted octanol–water partition coefficient (Wildman–Crippen LogP) is 8.08. The Kier molecular flexibility index (Phi) is 7.04. The number of nitrogens with zero attached hydrogens (tertiary/aromatic N) is 2. The van der Waals surface area contributed by atoms with Gasteiger partial charge in [-0.2, -0.15) is 0 Å². The number of thiocarbonyl (C=S) groups is 1. The maximum atomic E-state index is 6.45. The van der Waals surface area contributed by atoms with Crippen molar-refractivity contribution in [2.75, 3.05) is 12.0 Å². The topological polar surface area (TPSA) is 59.8 Å². The van der Waals surface area contributed by atoms with Gasteiger partial charge in [-0.3, -0.25) is 4.98 Å². The van der Waals surface area contributed by atoms with Gasteiger partial charge in [-0.15, -0.1) is 0 Å². The molecule has 8 heteroatoms. The molecule has 0 amide bonds. The smallest absolute Gasteiger partial charge is 0.174 e. The molecule has 3 heterocycles. The zero-order valence-electron chi connectivity index (χ0n) is 21.0. The van der Waals surface area contributed by atoms with E-state index in [-0.39, 0.29) is 12.1 Å². The maximum Gasteiger partial charge on any atom is 0.174 e. The van der Waals surface area contributed by atoms with Crippen molar-refractivity contribution in [1.82, 2.24) is 10.3 Å². The number of anilines is 1. The van der Waals surface area contributed by atoms with Crippen LogP contribution < -0.4 is 19.7 Å². The molecule has 6 nitrogen and oxygen atoms in total. The fraction of sp³-hybridized carbons (Fsp3) is 0.0968. The molecule has 0 radical (unpaired) electrons. The van der Waals surface area contributed by atoms with Gasteiger partial charge in [0.1, 0.15) is 34.8 Å². The monoisotopic (exact) mass is 597 g/mol. The molecule has 0 saturated carbocycles. The Morgan fingerprint density at radius 1 is 0.846 bits per heavy atom. The van der Waals surface area contributed by atoms with E-state index in [1.165, 1.54) is 0 Å². The molecule has 1 aliphatic heterocycles. The molecule has 1 aliphatic rings. The fourth-order valence-corrected chi connectivity index (χ4v) is 5.27. The minimum Gasteiger partial charge on any atom is -0.497 e. The van der Waals surface area contributed by atoms with Gasteiger partial charge in [0.05, 0.1) is 18.8 Å². The van der Waals surface area contributed by atoms with Crippen molar-refractivity contribution >= 4 is 38.9 Å². The van der Waals surface area contributed by atoms with Crippen LogP contribution in [0.5, 0.6) is 17.2 Å². The molecular weight excluding hydrogens is 574 g/mol. The zero-order valence-corrected chi connectivity index (χ0v) is 23.4. The summed E-state index contributed by atoms with van der Waals surface area (Å²) in [7, 11) is 1.64. The van der Waals surface area contributed by atoms with E-state index in [0.717, 1.165) is 50.2 Å². The average Bonchev–Trinajstić information content (AvgIpc) is 3.59. The van der Waals surface area contributed by atoms with Gasteiger partial charge < -0.3 is 24.1 Å². The number of halogens is 1. The lowest BCUT2D eigenvalue weighted by atomic mass is 10.0. The molecule has 1 N–H and O–H groups in total. The van der Waals surface area contributed by atoms with E-state index in [4.69, 9.17) is 26.1 Å². The molecule has 2 aromatic heterocycles. The number of pyridine rings is 1. The van der Waals surface area contributed by atoms with Crippen LogP contribution in [0.3, 0.4) is 0 Å². The molecule has 0 bridgehead atoms. The van der Waals surface area contributed by atoms with Gasteiger partial charge in [-0.25, -0.2) is 0 Å². The summed E-state index contributed by atoms with van der Waals surface area (Å²) in [4.78, 5) is 6.70. The van der Waals surface area contributed by atoms with Crippen LogP contribution in [0.1, 0.15) is 23.5 Å². The van der Waals surface area contributed by atoms with Gasteiger partial charge in [0.15, 0.2) is 5.11 Å². The van der Waals surface area contributed by atoms with Gasteiger partial charge in [0.2, 0.25) is 0 Å². The van der Waals surface area contributed by atoms with Crippen LogP contribution in [0, 0.1) is 0 Å². The first-order chi connectivity index (χ1) is 19.1. The number of aromatic nitrogens is 1. The molecule has 6 rings (SSSR count). The maximum absolute atomic E-state index is 6.45. The van der Waals surface area contributed by atoms with Gasteiger partial charge >= 0.3 is 0 Å². The standard InChI is InChI=1S/C31H24BrN3O3S/c1-36-23-13-15-25(16-14-23)37-24-11-9-22(10-12-24)35-30(29(34-31(35)39)26-4-2-3-19-33-26)28-18-17-27(38-28)20-5-7-21(32)8-6-20/h2-19,29-30H,1H3,(H,34,39). The molecule has 194 valence electrons. The Morgan fingerprint density at radius 2 is 1.54 bits per heavy atom. The van der Waals surface area contributed by atoms with Gasteiger partial charge in [-0.1, -0.05) is 34.1 Å². The minimum atomic E-state index is -0.245. The third kappa shape index (κ3) is 5.26. The summed E-state index contributed by atoms with van der Waals surface area (Å²) in [6.07, 6.45) is 1.79. The lowest BCUT2D eigenvalue weighted by molar-refractivity contribution is 0.413. The molecule has 0 spiro atoms. The summed E-state index contributed by atoms with van der Waals surface area (Å²) in [5, 5.41) is 4.07. The highest BCUT2D eigenvalue weighted by atomic mass is 79.9. The van der Waals surface area contributed by atoms with Crippen LogP contribution in [-0.2, 0) is 0 Å². The normalized spacial score (nSPS) is 16.7. The molecule has 1 fully saturated rings. The number of rotatable bonds is 7. The number of hydrogen-bond donors (Lipinski definition) is 1. The third-order valence-corrected chi connectivity index (χ3v) is 7.40. The van der Waals surface area contributed by atoms with Crippen LogP contribution in [0.4, 0.5) is 5.69 Å². The second kappa shape index (κ2) is 10.9. The first kappa shape index (κ1) is 25.2. The van der Waals surface area contributed by atoms with E-state index in [0.29, 0.717) is 5.11 Å². The Bertz CT molecular complexity index is 1570. The van der Waals surface area contributed by atoms with Crippen molar-refractivity contribution in [2.45, 2.75) is 12.1 Å². The molecule has 39 heavy (non-hydrogen) atoms. The highest BCUT2D eigenvalue weighted by Gasteiger charge is 2.42. The summed E-state index contributed by atoms with van der Waals surface area (Å²) in [6.45, 7) is 0. The van der Waals surface area contributed by atoms with E-state index in [2.05, 4.69) is 31.1 Å². The van der Waals surface area contributed by atoms with E-state index < -0.39 is 0 Å². The lowest BCUT2D eigenvalue weighted by Gasteiger charge is -2.26. The van der Waals surface area contributed by atoms with E-state index >= 15 is 0 Å². The summed E-state index contributed by atoms with van der Waals surface area (Å²) in [5.41, 5.74) is 2.80. The molecular formula is C31H24BrN3O3S. The molecule has 1 saturated heterocycles. The number of hydrogen-bond acceptors (Lipinski definition) is 5. The van der Waals surface area contributed by atoms with Crippen LogP contribution >= 0.6 is 28.1 Å². The highest BCUT2D eigenvalue weighted by Crippen LogP contribution is 2.43. The Labute approximate surface area is 240 Å². The van der Waals surface area contributed by atoms with Gasteiger partial charge in [0.25, 0.3) is 0 Å². The predicted molar refractivity (Wildman–Crippen MR) is 159 cm³/mol. The number of ether oxygens (including phenoxy) is 2. The van der Waals surface area contributed by atoms with Crippen molar-refractivity contribution in [3.8, 4) is 28.6 Å². The summed E-state index contributed by atoms with van der Waals surface area (Å²) in [5.74, 6) is 3.80. The Morgan fingerprint density at radius 3 is 2.21 bits per heavy atom. The number of nitrogens with one attached hydrogen (secondary N) is 1. The Hall–Kier alpha value is -4.14. The van der Waals surface area contributed by atoms with Crippen LogP contribution in [0.2, 0.25) is 0 Å². The minimum absolute atomic E-state index is 0.196. The summed E-state index contributed by atoms with van der Waals surface area (Å²) < 4.78 is 18.7. The van der Waals surface area contributed by atoms with Crippen LogP contribution in [0.25, 0.3) is 11.3 Å². The molecule has 0 aliphatic carbocycles. The molecule has 3 aromatic carbocycles. The van der Waals surface area contributed by atoms with E-state index in [1.54, 1.807) is 13.3 Å². The molecule has 2 atom stereocenters. The first-order valence-corrected chi connectivity index (χ1v) is 13.6. The largest absolute Gasteiger partial charge is 0.497 e. The highest BCUT2D eigenvalue weighted by molar-refractivity contribution is 9.10. The van der Waals surface area contributed by atoms with Crippen molar-refractivity contribution in [1.29, 1.82) is 0 Å². The van der Waals surface area contributed by atoms with Gasteiger partial charge in [0, 0.05) is 21.9 Å². The second-order valence-corrected chi connectivity index (χ2v) is 10.3. The lowest BCUT2D eigenvalue weighted by Crippen LogP contribution is -2.29. The van der Waals surface area contributed by atoms with E-state index in [1.807, 2.05) is 103 Å². The van der Waals surface area contributed by atoms with Crippen molar-refractivity contribution in [3.63, 3.8) is 0 Å². The number of methoxy groups -OCH3 is 1. The van der Waals surface area contributed by atoms with Crippen molar-refractivity contribution in [3.05, 3.63) is 125 Å². The third-order valence-electron chi connectivity index (χ3n) is 6.56. The molecule has 5 aromatic rings. The first-order valence-electron chi connectivity index (χ1n) is 12.4. The van der Waals surface area contributed by atoms with Crippen LogP contribution in [0.15, 0.2) is 118 Å². The summed E-state index contributed by atoms with van der Waals surface area (Å²) >= 11 is 9.35. The zero-order chi connectivity index (χ0) is 26.8. The van der Waals surface area contributed by atoms with Gasteiger partial charge in [-0.05, 0) is 97.1 Å². The average molecular weight is 599 g/mol. The van der Waals surface area contributed by atoms with E-state index in [9.17, 15) is 0 Å². The summed E-state index contributed by atoms with van der Waals surface area (Å²) in [6, 6.07) is 32.9. The van der Waals surface area contributed by atoms with Crippen LogP contribution in [-0.4, -0.2) is 17.2 Å². The number of furan rings is 1.